The van der Waals surface area contributed by atoms with Gasteiger partial charge in [0.15, 0.2) is 0 Å². The Kier molecular flexibility index (Phi) is 4.21. The van der Waals surface area contributed by atoms with E-state index in [0.29, 0.717) is 32.5 Å². The zero-order valence-corrected chi connectivity index (χ0v) is 12.8. The summed E-state index contributed by atoms with van der Waals surface area (Å²) in [6.45, 7) is 3.78. The van der Waals surface area contributed by atoms with Gasteiger partial charge >= 0.3 is 0 Å². The number of thiazole rings is 1. The lowest BCUT2D eigenvalue weighted by atomic mass is 10.2. The molecule has 2 amide bonds. The molecule has 21 heavy (non-hydrogen) atoms. The van der Waals surface area contributed by atoms with Crippen molar-refractivity contribution in [1.82, 2.24) is 15.2 Å². The van der Waals surface area contributed by atoms with Crippen molar-refractivity contribution in [2.75, 3.05) is 13.1 Å². The Morgan fingerprint density at radius 2 is 2.43 bits per heavy atom. The van der Waals surface area contributed by atoms with Gasteiger partial charge in [0.25, 0.3) is 0 Å². The van der Waals surface area contributed by atoms with E-state index in [-0.39, 0.29) is 24.0 Å². The molecule has 0 unspecified atom stereocenters. The lowest BCUT2D eigenvalue weighted by molar-refractivity contribution is -0.133. The molecule has 1 N–H and O–H groups in total. The van der Waals surface area contributed by atoms with Crippen LogP contribution in [0.2, 0.25) is 0 Å². The third-order valence-corrected chi connectivity index (χ3v) is 4.71. The molecule has 2 atom stereocenters. The Labute approximate surface area is 127 Å². The molecule has 0 aromatic carbocycles. The number of aryl methyl sites for hydroxylation is 1. The van der Waals surface area contributed by atoms with Crippen molar-refractivity contribution >= 4 is 23.2 Å². The number of hydrogen-bond donors (Lipinski definition) is 1. The number of carbonyl (C=O) groups excluding carboxylic acids is 2. The van der Waals surface area contributed by atoms with E-state index < -0.39 is 0 Å². The minimum Gasteiger partial charge on any atom is -0.370 e. The Morgan fingerprint density at radius 3 is 3.10 bits per heavy atom. The quantitative estimate of drug-likeness (QED) is 0.895. The molecule has 6 nitrogen and oxygen atoms in total. The largest absolute Gasteiger partial charge is 0.370 e. The van der Waals surface area contributed by atoms with Gasteiger partial charge in [-0.2, -0.15) is 0 Å². The van der Waals surface area contributed by atoms with Crippen molar-refractivity contribution in [2.45, 2.75) is 44.9 Å². The summed E-state index contributed by atoms with van der Waals surface area (Å²) in [6.07, 6.45) is 1.97. The first-order valence-corrected chi connectivity index (χ1v) is 8.10. The number of amides is 2. The average Bonchev–Trinajstić information content (AvgIpc) is 3.17. The van der Waals surface area contributed by atoms with Gasteiger partial charge in [-0.1, -0.05) is 0 Å². The fourth-order valence-corrected chi connectivity index (χ4v) is 3.36. The summed E-state index contributed by atoms with van der Waals surface area (Å²) in [5.41, 5.74) is 0.949. The fraction of sp³-hybridized carbons (Fsp3) is 0.643. The normalized spacial score (nSPS) is 25.4. The Hall–Kier alpha value is -1.47. The number of nitrogens with one attached hydrogen (secondary N) is 1. The maximum absolute atomic E-state index is 12.3. The SMILES string of the molecule is Cc1nc(CO[C@@H]2CCN(C(=O)[C@H]3CCC(=O)N3)C2)cs1. The number of likely N-dealkylation sites (tertiary alicyclic amines) is 1. The molecule has 2 aliphatic heterocycles. The van der Waals surface area contributed by atoms with Crippen LogP contribution in [-0.2, 0) is 20.9 Å². The highest BCUT2D eigenvalue weighted by atomic mass is 32.1. The molecular formula is C14H19N3O3S. The van der Waals surface area contributed by atoms with Gasteiger partial charge in [0.2, 0.25) is 11.8 Å². The van der Waals surface area contributed by atoms with E-state index >= 15 is 0 Å². The van der Waals surface area contributed by atoms with Crippen molar-refractivity contribution in [3.05, 3.63) is 16.1 Å². The summed E-state index contributed by atoms with van der Waals surface area (Å²) in [7, 11) is 0. The number of ether oxygens (including phenoxy) is 1. The first-order valence-electron chi connectivity index (χ1n) is 7.22. The number of rotatable bonds is 4. The van der Waals surface area contributed by atoms with E-state index in [0.717, 1.165) is 17.1 Å². The van der Waals surface area contributed by atoms with Gasteiger partial charge in [-0.3, -0.25) is 9.59 Å². The van der Waals surface area contributed by atoms with Crippen molar-refractivity contribution in [3.63, 3.8) is 0 Å². The smallest absolute Gasteiger partial charge is 0.245 e. The van der Waals surface area contributed by atoms with Crippen molar-refractivity contribution in [3.8, 4) is 0 Å². The van der Waals surface area contributed by atoms with Gasteiger partial charge in [0.05, 0.1) is 23.4 Å². The lowest BCUT2D eigenvalue weighted by Gasteiger charge is -2.20. The Balaban J connectivity index is 1.46. The highest BCUT2D eigenvalue weighted by Gasteiger charge is 2.34. The molecule has 0 radical (unpaired) electrons. The van der Waals surface area contributed by atoms with Gasteiger partial charge in [0.1, 0.15) is 6.04 Å². The molecule has 0 saturated carbocycles. The predicted octanol–water partition coefficient (Wildman–Crippen LogP) is 0.848. The number of aromatic nitrogens is 1. The molecule has 0 aliphatic carbocycles. The van der Waals surface area contributed by atoms with E-state index in [1.807, 2.05) is 12.3 Å². The average molecular weight is 309 g/mol. The topological polar surface area (TPSA) is 71.5 Å². The van der Waals surface area contributed by atoms with E-state index in [1.165, 1.54) is 0 Å². The van der Waals surface area contributed by atoms with Crippen molar-refractivity contribution in [2.24, 2.45) is 0 Å². The van der Waals surface area contributed by atoms with Crippen LogP contribution in [0.5, 0.6) is 0 Å². The summed E-state index contributed by atoms with van der Waals surface area (Å²) in [5.74, 6) is -0.00398. The second-order valence-electron chi connectivity index (χ2n) is 5.52. The molecule has 3 rings (SSSR count). The maximum Gasteiger partial charge on any atom is 0.245 e. The summed E-state index contributed by atoms with van der Waals surface area (Å²) < 4.78 is 5.83. The second kappa shape index (κ2) is 6.11. The summed E-state index contributed by atoms with van der Waals surface area (Å²) >= 11 is 1.61. The summed E-state index contributed by atoms with van der Waals surface area (Å²) in [4.78, 5) is 29.6. The van der Waals surface area contributed by atoms with Crippen molar-refractivity contribution < 1.29 is 14.3 Å². The van der Waals surface area contributed by atoms with E-state index in [1.54, 1.807) is 16.2 Å². The third-order valence-electron chi connectivity index (χ3n) is 3.88. The second-order valence-corrected chi connectivity index (χ2v) is 6.58. The molecule has 114 valence electrons. The minimum atomic E-state index is -0.336. The van der Waals surface area contributed by atoms with Crippen LogP contribution >= 0.6 is 11.3 Å². The fourth-order valence-electron chi connectivity index (χ4n) is 2.76. The van der Waals surface area contributed by atoms with Crippen LogP contribution in [0.1, 0.15) is 30.0 Å². The monoisotopic (exact) mass is 309 g/mol. The van der Waals surface area contributed by atoms with Crippen LogP contribution in [0.25, 0.3) is 0 Å². The van der Waals surface area contributed by atoms with Gasteiger partial charge < -0.3 is 15.0 Å². The molecule has 7 heteroatoms. The number of nitrogens with zero attached hydrogens (tertiary/aromatic N) is 2. The molecule has 1 aromatic heterocycles. The van der Waals surface area contributed by atoms with Crippen LogP contribution in [0.15, 0.2) is 5.38 Å². The molecule has 3 heterocycles. The molecule has 2 saturated heterocycles. The van der Waals surface area contributed by atoms with Crippen LogP contribution < -0.4 is 5.32 Å². The molecule has 2 fully saturated rings. The van der Waals surface area contributed by atoms with Crippen LogP contribution in [-0.4, -0.2) is 46.9 Å². The molecular weight excluding hydrogens is 290 g/mol. The molecule has 0 spiro atoms. The third kappa shape index (κ3) is 3.41. The van der Waals surface area contributed by atoms with Crippen LogP contribution in [0, 0.1) is 6.92 Å². The van der Waals surface area contributed by atoms with Gasteiger partial charge in [-0.15, -0.1) is 11.3 Å². The molecule has 0 bridgehead atoms. The predicted molar refractivity (Wildman–Crippen MR) is 77.8 cm³/mol. The minimum absolute atomic E-state index is 0.0245. The zero-order valence-electron chi connectivity index (χ0n) is 12.0. The van der Waals surface area contributed by atoms with Gasteiger partial charge in [-0.05, 0) is 19.8 Å². The van der Waals surface area contributed by atoms with E-state index in [2.05, 4.69) is 10.3 Å². The van der Waals surface area contributed by atoms with E-state index in [9.17, 15) is 9.59 Å². The van der Waals surface area contributed by atoms with Gasteiger partial charge in [0, 0.05) is 24.9 Å². The Morgan fingerprint density at radius 1 is 1.57 bits per heavy atom. The Bertz CT molecular complexity index is 545. The molecule has 2 aliphatic rings. The maximum atomic E-state index is 12.3. The highest BCUT2D eigenvalue weighted by molar-refractivity contribution is 7.09. The van der Waals surface area contributed by atoms with Crippen LogP contribution in [0.3, 0.4) is 0 Å². The van der Waals surface area contributed by atoms with E-state index in [4.69, 9.17) is 4.74 Å². The first kappa shape index (κ1) is 14.5. The number of hydrogen-bond acceptors (Lipinski definition) is 5. The first-order chi connectivity index (χ1) is 10.1. The zero-order chi connectivity index (χ0) is 14.8. The lowest BCUT2D eigenvalue weighted by Crippen LogP contribution is -2.43. The summed E-state index contributed by atoms with van der Waals surface area (Å²) in [6, 6.07) is -0.336. The van der Waals surface area contributed by atoms with Crippen molar-refractivity contribution in [1.29, 1.82) is 0 Å². The number of carbonyl (C=O) groups is 2. The van der Waals surface area contributed by atoms with Crippen LogP contribution in [0.4, 0.5) is 0 Å². The summed E-state index contributed by atoms with van der Waals surface area (Å²) in [5, 5.41) is 5.76. The molecule has 1 aromatic rings. The standard InChI is InChI=1S/C14H19N3O3S/c1-9-15-10(8-21-9)7-20-11-4-5-17(6-11)14(19)12-2-3-13(18)16-12/h8,11-12H,2-7H2,1H3,(H,16,18)/t11-,12-/m1/s1. The van der Waals surface area contributed by atoms with Gasteiger partial charge in [-0.25, -0.2) is 4.98 Å². The highest BCUT2D eigenvalue weighted by Crippen LogP contribution is 2.19.